The maximum Gasteiger partial charge on any atom is 0.243 e. The molecule has 0 aromatic heterocycles. The van der Waals surface area contributed by atoms with Gasteiger partial charge in [-0.25, -0.2) is 21.1 Å². The van der Waals surface area contributed by atoms with E-state index in [1.807, 2.05) is 20.8 Å². The van der Waals surface area contributed by atoms with Crippen molar-refractivity contribution in [3.8, 4) is 5.75 Å². The number of halogens is 2. The topological polar surface area (TPSA) is 87.2 Å². The SMILES string of the molecule is COc1cc(C)c(S(=O)(=O)N2CCCC(CCS(=O)(=O)N3CCC(CCN4CCCC4)CC3)C2)c(C)c1C.Cl.Cl. The molecule has 3 saturated heterocycles. The van der Waals surface area contributed by atoms with Crippen LogP contribution >= 0.6 is 24.8 Å². The molecular formula is C28H49Cl2N3O5S2. The lowest BCUT2D eigenvalue weighted by atomic mass is 9.94. The Balaban J connectivity index is 0.00000280. The summed E-state index contributed by atoms with van der Waals surface area (Å²) in [6.07, 6.45) is 7.80. The number of piperidine rings is 2. The Bertz CT molecular complexity index is 1180. The zero-order chi connectivity index (χ0) is 27.5. The van der Waals surface area contributed by atoms with Gasteiger partial charge in [0.15, 0.2) is 0 Å². The van der Waals surface area contributed by atoms with Gasteiger partial charge in [-0.3, -0.25) is 0 Å². The van der Waals surface area contributed by atoms with Crippen LogP contribution in [-0.2, 0) is 20.0 Å². The molecule has 12 heteroatoms. The second-order valence-electron chi connectivity index (χ2n) is 11.6. The number of nitrogens with zero attached hydrogens (tertiary/aromatic N) is 3. The van der Waals surface area contributed by atoms with E-state index in [2.05, 4.69) is 4.90 Å². The molecule has 1 aromatic rings. The summed E-state index contributed by atoms with van der Waals surface area (Å²) in [5.74, 6) is 1.46. The van der Waals surface area contributed by atoms with E-state index in [1.54, 1.807) is 21.8 Å². The fourth-order valence-electron chi connectivity index (χ4n) is 6.53. The minimum atomic E-state index is -3.68. The molecule has 40 heavy (non-hydrogen) atoms. The second kappa shape index (κ2) is 15.2. The van der Waals surface area contributed by atoms with Gasteiger partial charge in [-0.15, -0.1) is 24.8 Å². The van der Waals surface area contributed by atoms with Crippen molar-refractivity contribution in [3.63, 3.8) is 0 Å². The zero-order valence-corrected chi connectivity index (χ0v) is 27.8. The van der Waals surface area contributed by atoms with E-state index >= 15 is 0 Å². The van der Waals surface area contributed by atoms with Crippen molar-refractivity contribution in [2.24, 2.45) is 11.8 Å². The van der Waals surface area contributed by atoms with E-state index in [0.717, 1.165) is 43.4 Å². The standard InChI is InChI=1S/C28H47N3O5S2.2ClH/c1-22-20-27(36-4)23(2)24(3)28(22)38(34,35)31-15-7-8-26(21-31)12-19-37(32,33)30-17-10-25(11-18-30)9-16-29-13-5-6-14-29;;/h20,25-26H,5-19,21H2,1-4H3;2*1H. The van der Waals surface area contributed by atoms with Gasteiger partial charge in [0.05, 0.1) is 17.8 Å². The fourth-order valence-corrected chi connectivity index (χ4v) is 10.2. The van der Waals surface area contributed by atoms with Crippen molar-refractivity contribution in [2.45, 2.75) is 77.0 Å². The highest BCUT2D eigenvalue weighted by Crippen LogP contribution is 2.34. The van der Waals surface area contributed by atoms with Crippen LogP contribution in [0.25, 0.3) is 0 Å². The number of hydrogen-bond acceptors (Lipinski definition) is 6. The van der Waals surface area contributed by atoms with Crippen molar-refractivity contribution in [2.75, 3.05) is 58.7 Å². The van der Waals surface area contributed by atoms with E-state index in [1.165, 1.54) is 32.4 Å². The molecule has 1 atom stereocenters. The largest absolute Gasteiger partial charge is 0.496 e. The maximum atomic E-state index is 13.7. The van der Waals surface area contributed by atoms with Crippen molar-refractivity contribution in [1.82, 2.24) is 13.5 Å². The molecule has 3 heterocycles. The van der Waals surface area contributed by atoms with Crippen molar-refractivity contribution in [3.05, 3.63) is 22.8 Å². The van der Waals surface area contributed by atoms with Gasteiger partial charge >= 0.3 is 0 Å². The molecule has 0 aliphatic carbocycles. The monoisotopic (exact) mass is 641 g/mol. The lowest BCUT2D eigenvalue weighted by Gasteiger charge is -2.34. The molecule has 3 fully saturated rings. The number of likely N-dealkylation sites (tertiary alicyclic amines) is 1. The lowest BCUT2D eigenvalue weighted by molar-refractivity contribution is 0.230. The molecule has 0 bridgehead atoms. The molecule has 0 N–H and O–H groups in total. The van der Waals surface area contributed by atoms with Gasteiger partial charge < -0.3 is 9.64 Å². The van der Waals surface area contributed by atoms with Crippen LogP contribution in [0.1, 0.15) is 68.1 Å². The first-order valence-corrected chi connectivity index (χ1v) is 17.4. The van der Waals surface area contributed by atoms with Crippen LogP contribution in [0.15, 0.2) is 11.0 Å². The Morgan fingerprint density at radius 2 is 1.45 bits per heavy atom. The third kappa shape index (κ3) is 8.26. The number of ether oxygens (including phenoxy) is 1. The third-order valence-electron chi connectivity index (χ3n) is 9.08. The Morgan fingerprint density at radius 1 is 0.800 bits per heavy atom. The summed E-state index contributed by atoms with van der Waals surface area (Å²) in [6, 6.07) is 1.79. The first-order valence-electron chi connectivity index (χ1n) is 14.4. The fraction of sp³-hybridized carbons (Fsp3) is 0.786. The van der Waals surface area contributed by atoms with E-state index in [4.69, 9.17) is 4.74 Å². The second-order valence-corrected chi connectivity index (χ2v) is 15.6. The highest BCUT2D eigenvalue weighted by atomic mass is 35.5. The molecule has 4 rings (SSSR count). The summed E-state index contributed by atoms with van der Waals surface area (Å²) in [5.41, 5.74) is 2.23. The molecule has 1 aromatic carbocycles. The molecule has 1 unspecified atom stereocenters. The van der Waals surface area contributed by atoms with Gasteiger partial charge in [-0.1, -0.05) is 0 Å². The van der Waals surface area contributed by atoms with Gasteiger partial charge in [-0.2, -0.15) is 4.31 Å². The summed E-state index contributed by atoms with van der Waals surface area (Å²) < 4.78 is 62.4. The molecule has 3 aliphatic rings. The highest BCUT2D eigenvalue weighted by molar-refractivity contribution is 7.89. The number of hydrogen-bond donors (Lipinski definition) is 0. The molecule has 8 nitrogen and oxygen atoms in total. The van der Waals surface area contributed by atoms with Crippen molar-refractivity contribution < 1.29 is 21.6 Å². The molecule has 0 spiro atoms. The summed E-state index contributed by atoms with van der Waals surface area (Å²) in [7, 11) is -5.42. The van der Waals surface area contributed by atoms with Gasteiger partial charge in [0.2, 0.25) is 20.0 Å². The Kier molecular flexibility index (Phi) is 13.5. The third-order valence-corrected chi connectivity index (χ3v) is 13.1. The van der Waals surface area contributed by atoms with Crippen LogP contribution < -0.4 is 4.74 Å². The van der Waals surface area contributed by atoms with Crippen molar-refractivity contribution >= 4 is 44.9 Å². The summed E-state index contributed by atoms with van der Waals surface area (Å²) in [5, 5.41) is 0. The predicted octanol–water partition coefficient (Wildman–Crippen LogP) is 4.78. The molecule has 0 saturated carbocycles. The van der Waals surface area contributed by atoms with Crippen LogP contribution in [0, 0.1) is 32.6 Å². The minimum Gasteiger partial charge on any atom is -0.496 e. The highest BCUT2D eigenvalue weighted by Gasteiger charge is 2.35. The molecule has 0 radical (unpaired) electrons. The van der Waals surface area contributed by atoms with E-state index in [0.29, 0.717) is 54.7 Å². The minimum absolute atomic E-state index is 0. The first kappa shape index (κ1) is 35.6. The number of rotatable bonds is 10. The predicted molar refractivity (Wildman–Crippen MR) is 166 cm³/mol. The van der Waals surface area contributed by atoms with Crippen LogP contribution in [-0.4, -0.2) is 89.0 Å². The van der Waals surface area contributed by atoms with E-state index < -0.39 is 20.0 Å². The average molecular weight is 643 g/mol. The quantitative estimate of drug-likeness (QED) is 0.365. The van der Waals surface area contributed by atoms with Crippen LogP contribution in [0.2, 0.25) is 0 Å². The van der Waals surface area contributed by atoms with Crippen LogP contribution in [0.5, 0.6) is 5.75 Å². The molecule has 232 valence electrons. The molecule has 0 amide bonds. The number of sulfonamides is 2. The van der Waals surface area contributed by atoms with E-state index in [-0.39, 0.29) is 36.5 Å². The van der Waals surface area contributed by atoms with Gasteiger partial charge in [-0.05, 0) is 126 Å². The number of methoxy groups -OCH3 is 1. The Labute approximate surface area is 255 Å². The van der Waals surface area contributed by atoms with Crippen molar-refractivity contribution in [1.29, 1.82) is 0 Å². The Morgan fingerprint density at radius 3 is 2.08 bits per heavy atom. The molecular weight excluding hydrogens is 593 g/mol. The Hall–Kier alpha value is -0.620. The van der Waals surface area contributed by atoms with Gasteiger partial charge in [0, 0.05) is 26.2 Å². The summed E-state index contributed by atoms with van der Waals surface area (Å²) in [6.45, 7) is 11.2. The first-order chi connectivity index (χ1) is 18.0. The smallest absolute Gasteiger partial charge is 0.243 e. The summed E-state index contributed by atoms with van der Waals surface area (Å²) >= 11 is 0. The van der Waals surface area contributed by atoms with Crippen LogP contribution in [0.3, 0.4) is 0 Å². The van der Waals surface area contributed by atoms with Gasteiger partial charge in [0.25, 0.3) is 0 Å². The number of aryl methyl sites for hydroxylation is 1. The van der Waals surface area contributed by atoms with Gasteiger partial charge in [0.1, 0.15) is 5.75 Å². The average Bonchev–Trinajstić information content (AvgIpc) is 3.42. The lowest BCUT2D eigenvalue weighted by Crippen LogP contribution is -2.43. The molecule has 3 aliphatic heterocycles. The zero-order valence-electron chi connectivity index (χ0n) is 24.6. The number of benzene rings is 1. The maximum absolute atomic E-state index is 13.7. The van der Waals surface area contributed by atoms with Crippen LogP contribution in [0.4, 0.5) is 0 Å². The summed E-state index contributed by atoms with van der Waals surface area (Å²) in [4.78, 5) is 2.89. The van der Waals surface area contributed by atoms with E-state index in [9.17, 15) is 16.8 Å². The normalized spacial score (nSPS) is 22.1.